The van der Waals surface area contributed by atoms with Crippen LogP contribution in [0.15, 0.2) is 24.5 Å². The number of aromatic nitrogens is 4. The first-order valence-corrected chi connectivity index (χ1v) is 7.68. The second-order valence-electron chi connectivity index (χ2n) is 4.86. The van der Waals surface area contributed by atoms with Gasteiger partial charge < -0.3 is 5.32 Å². The molecule has 0 aliphatic heterocycles. The van der Waals surface area contributed by atoms with Gasteiger partial charge in [-0.3, -0.25) is 0 Å². The molecule has 22 heavy (non-hydrogen) atoms. The molecule has 0 amide bonds. The minimum absolute atomic E-state index is 0.100. The first-order chi connectivity index (χ1) is 10.5. The zero-order chi connectivity index (χ0) is 15.9. The van der Waals surface area contributed by atoms with E-state index in [-0.39, 0.29) is 6.04 Å². The summed E-state index contributed by atoms with van der Waals surface area (Å²) in [6.45, 7) is 3.80. The number of fused-ring (bicyclic) bond motifs is 1. The Labute approximate surface area is 142 Å². The summed E-state index contributed by atoms with van der Waals surface area (Å²) in [5.74, 6) is 1.11. The summed E-state index contributed by atoms with van der Waals surface area (Å²) in [6, 6.07) is 5.28. The van der Waals surface area contributed by atoms with E-state index in [1.807, 2.05) is 19.9 Å². The molecule has 0 spiro atoms. The largest absolute Gasteiger partial charge is 0.362 e. The highest BCUT2D eigenvalue weighted by atomic mass is 35.5. The van der Waals surface area contributed by atoms with Crippen molar-refractivity contribution in [3.05, 3.63) is 50.9 Å². The second-order valence-corrected chi connectivity index (χ2v) is 6.09. The molecule has 1 aromatic carbocycles. The van der Waals surface area contributed by atoms with Gasteiger partial charge in [-0.15, -0.1) is 0 Å². The summed E-state index contributed by atoms with van der Waals surface area (Å²) >= 11 is 18.5. The fourth-order valence-electron chi connectivity index (χ4n) is 2.19. The molecule has 0 aliphatic rings. The van der Waals surface area contributed by atoms with Gasteiger partial charge in [0.15, 0.2) is 5.82 Å². The highest BCUT2D eigenvalue weighted by Gasteiger charge is 2.17. The average Bonchev–Trinajstić information content (AvgIpc) is 2.91. The molecule has 0 fully saturated rings. The van der Waals surface area contributed by atoms with Crippen LogP contribution in [0.25, 0.3) is 5.78 Å². The van der Waals surface area contributed by atoms with E-state index in [1.54, 1.807) is 16.6 Å². The molecular formula is C14H12Cl3N5. The Hall–Kier alpha value is -1.56. The Balaban J connectivity index is 2.02. The van der Waals surface area contributed by atoms with Crippen molar-refractivity contribution in [3.8, 4) is 0 Å². The maximum Gasteiger partial charge on any atom is 0.254 e. The van der Waals surface area contributed by atoms with E-state index in [4.69, 9.17) is 34.8 Å². The maximum atomic E-state index is 6.36. The number of anilines is 1. The van der Waals surface area contributed by atoms with Gasteiger partial charge in [0.1, 0.15) is 11.3 Å². The predicted octanol–water partition coefficient (Wildman–Crippen LogP) is 4.57. The Kier molecular flexibility index (Phi) is 4.12. The van der Waals surface area contributed by atoms with E-state index in [2.05, 4.69) is 20.4 Å². The van der Waals surface area contributed by atoms with Crippen LogP contribution in [-0.2, 0) is 0 Å². The summed E-state index contributed by atoms with van der Waals surface area (Å²) < 4.78 is 1.57. The van der Waals surface area contributed by atoms with Gasteiger partial charge in [0.05, 0.1) is 11.7 Å². The zero-order valence-corrected chi connectivity index (χ0v) is 14.1. The van der Waals surface area contributed by atoms with Crippen LogP contribution in [0.5, 0.6) is 0 Å². The summed E-state index contributed by atoms with van der Waals surface area (Å²) in [4.78, 5) is 8.37. The van der Waals surface area contributed by atoms with E-state index in [0.717, 1.165) is 5.56 Å². The van der Waals surface area contributed by atoms with Crippen molar-refractivity contribution < 1.29 is 0 Å². The van der Waals surface area contributed by atoms with Gasteiger partial charge >= 0.3 is 0 Å². The van der Waals surface area contributed by atoms with Gasteiger partial charge in [-0.1, -0.05) is 40.9 Å². The third-order valence-corrected chi connectivity index (χ3v) is 4.33. The van der Waals surface area contributed by atoms with E-state index in [9.17, 15) is 0 Å². The SMILES string of the molecule is Cc1nc2ncnn2c(N[C@@H](C)c2ccc(Cl)cc2Cl)c1Cl. The highest BCUT2D eigenvalue weighted by molar-refractivity contribution is 6.35. The molecule has 3 aromatic rings. The Morgan fingerprint density at radius 2 is 2.00 bits per heavy atom. The number of rotatable bonds is 3. The molecule has 1 atom stereocenters. The molecule has 5 nitrogen and oxygen atoms in total. The Morgan fingerprint density at radius 1 is 1.23 bits per heavy atom. The third-order valence-electron chi connectivity index (χ3n) is 3.32. The summed E-state index contributed by atoms with van der Waals surface area (Å²) in [5.41, 5.74) is 1.59. The molecule has 0 saturated carbocycles. The number of hydrogen-bond acceptors (Lipinski definition) is 4. The van der Waals surface area contributed by atoms with E-state index < -0.39 is 0 Å². The molecule has 114 valence electrons. The van der Waals surface area contributed by atoms with Crippen LogP contribution in [0.2, 0.25) is 15.1 Å². The quantitative estimate of drug-likeness (QED) is 0.747. The van der Waals surface area contributed by atoms with Gasteiger partial charge in [-0.05, 0) is 31.5 Å². The molecular weight excluding hydrogens is 345 g/mol. The van der Waals surface area contributed by atoms with Crippen LogP contribution in [0.1, 0.15) is 24.2 Å². The van der Waals surface area contributed by atoms with Crippen molar-refractivity contribution in [3.63, 3.8) is 0 Å². The fraction of sp³-hybridized carbons (Fsp3) is 0.214. The molecule has 0 saturated heterocycles. The predicted molar refractivity (Wildman–Crippen MR) is 89.0 cm³/mol. The number of nitrogens with one attached hydrogen (secondary N) is 1. The number of aryl methyl sites for hydroxylation is 1. The molecule has 2 heterocycles. The van der Waals surface area contributed by atoms with Crippen molar-refractivity contribution in [2.75, 3.05) is 5.32 Å². The minimum atomic E-state index is -0.100. The van der Waals surface area contributed by atoms with Crippen molar-refractivity contribution in [1.29, 1.82) is 0 Å². The molecule has 1 N–H and O–H groups in total. The van der Waals surface area contributed by atoms with Crippen LogP contribution in [0.4, 0.5) is 5.82 Å². The summed E-state index contributed by atoms with van der Waals surface area (Å²) in [5, 5.41) is 9.14. The molecule has 0 aliphatic carbocycles. The summed E-state index contributed by atoms with van der Waals surface area (Å²) in [6.07, 6.45) is 1.43. The fourth-order valence-corrected chi connectivity index (χ4v) is 2.94. The number of hydrogen-bond donors (Lipinski definition) is 1. The highest BCUT2D eigenvalue weighted by Crippen LogP contribution is 2.31. The van der Waals surface area contributed by atoms with Crippen molar-refractivity contribution >= 4 is 46.4 Å². The lowest BCUT2D eigenvalue weighted by Crippen LogP contribution is -2.12. The Morgan fingerprint density at radius 3 is 2.73 bits per heavy atom. The molecule has 0 bridgehead atoms. The van der Waals surface area contributed by atoms with Crippen LogP contribution in [0, 0.1) is 6.92 Å². The van der Waals surface area contributed by atoms with E-state index in [0.29, 0.717) is 32.4 Å². The van der Waals surface area contributed by atoms with E-state index in [1.165, 1.54) is 6.33 Å². The molecule has 2 aromatic heterocycles. The maximum absolute atomic E-state index is 6.36. The van der Waals surface area contributed by atoms with Crippen LogP contribution >= 0.6 is 34.8 Å². The molecule has 3 rings (SSSR count). The van der Waals surface area contributed by atoms with Crippen molar-refractivity contribution in [2.45, 2.75) is 19.9 Å². The lowest BCUT2D eigenvalue weighted by Gasteiger charge is -2.19. The standard InChI is InChI=1S/C14H12Cl3N5/c1-7(10-4-3-9(15)5-11(10)16)20-13-12(17)8(2)21-14-18-6-19-22(13)14/h3-7,20H,1-2H3/t7-/m0/s1. The van der Waals surface area contributed by atoms with Crippen LogP contribution in [0.3, 0.4) is 0 Å². The smallest absolute Gasteiger partial charge is 0.254 e. The van der Waals surface area contributed by atoms with Gasteiger partial charge in [-0.2, -0.15) is 14.6 Å². The summed E-state index contributed by atoms with van der Waals surface area (Å²) in [7, 11) is 0. The minimum Gasteiger partial charge on any atom is -0.362 e. The van der Waals surface area contributed by atoms with Crippen LogP contribution < -0.4 is 5.32 Å². The number of nitrogens with zero attached hydrogens (tertiary/aromatic N) is 4. The van der Waals surface area contributed by atoms with Crippen molar-refractivity contribution in [1.82, 2.24) is 19.6 Å². The van der Waals surface area contributed by atoms with Crippen LogP contribution in [-0.4, -0.2) is 19.6 Å². The number of halogens is 3. The molecule has 8 heteroatoms. The third kappa shape index (κ3) is 2.72. The Bertz CT molecular complexity index is 846. The number of benzene rings is 1. The monoisotopic (exact) mass is 355 g/mol. The van der Waals surface area contributed by atoms with Gasteiger partial charge in [0.25, 0.3) is 5.78 Å². The first kappa shape index (κ1) is 15.3. The molecule has 0 radical (unpaired) electrons. The van der Waals surface area contributed by atoms with Gasteiger partial charge in [-0.25, -0.2) is 4.98 Å². The lowest BCUT2D eigenvalue weighted by molar-refractivity contribution is 0.838. The van der Waals surface area contributed by atoms with Gasteiger partial charge in [0, 0.05) is 10.0 Å². The lowest BCUT2D eigenvalue weighted by atomic mass is 10.1. The van der Waals surface area contributed by atoms with Gasteiger partial charge in [0.2, 0.25) is 0 Å². The second kappa shape index (κ2) is 5.91. The first-order valence-electron chi connectivity index (χ1n) is 6.54. The topological polar surface area (TPSA) is 55.1 Å². The zero-order valence-electron chi connectivity index (χ0n) is 11.8. The normalized spacial score (nSPS) is 12.6. The van der Waals surface area contributed by atoms with Crippen molar-refractivity contribution in [2.24, 2.45) is 0 Å². The molecule has 0 unspecified atom stereocenters. The van der Waals surface area contributed by atoms with E-state index >= 15 is 0 Å². The average molecular weight is 357 g/mol.